The average molecular weight is 565 g/mol. The first-order chi connectivity index (χ1) is 18.9. The normalized spacial score (nSPS) is 16.3. The minimum absolute atomic E-state index is 0.0145. The van der Waals surface area contributed by atoms with Gasteiger partial charge in [-0.3, -0.25) is 14.7 Å². The lowest BCUT2D eigenvalue weighted by Crippen LogP contribution is -2.43. The van der Waals surface area contributed by atoms with Crippen LogP contribution >= 0.6 is 11.3 Å². The largest absolute Gasteiger partial charge is 0.492 e. The standard InChI is InChI=1S/C29H32N4O4S2/c1-3-23-10-5-6-18-33(23)39(35,36)24-15-13-22(14-16-24)28(34)32(20-21-9-8-17-30-19-21)29-31-27-25(37-4-2)11-7-12-26(27)38-29/h7-9,11-17,19,23H,3-6,10,18,20H2,1-2H3. The summed E-state index contributed by atoms with van der Waals surface area (Å²) in [5.41, 5.74) is 1.94. The zero-order chi connectivity index (χ0) is 27.4. The Kier molecular flexibility index (Phi) is 8.25. The summed E-state index contributed by atoms with van der Waals surface area (Å²) in [6, 6.07) is 15.7. The molecule has 1 amide bonds. The summed E-state index contributed by atoms with van der Waals surface area (Å²) < 4.78 is 35.1. The molecule has 39 heavy (non-hydrogen) atoms. The van der Waals surface area contributed by atoms with Crippen molar-refractivity contribution in [2.75, 3.05) is 18.1 Å². The lowest BCUT2D eigenvalue weighted by molar-refractivity contribution is 0.0985. The van der Waals surface area contributed by atoms with E-state index in [-0.39, 0.29) is 23.4 Å². The number of nitrogens with zero attached hydrogens (tertiary/aromatic N) is 4. The van der Waals surface area contributed by atoms with Crippen molar-refractivity contribution in [3.63, 3.8) is 0 Å². The van der Waals surface area contributed by atoms with Gasteiger partial charge in [-0.25, -0.2) is 13.4 Å². The first-order valence-electron chi connectivity index (χ1n) is 13.3. The minimum Gasteiger partial charge on any atom is -0.492 e. The molecule has 3 heterocycles. The van der Waals surface area contributed by atoms with Crippen LogP contribution in [0.1, 0.15) is 55.5 Å². The molecule has 0 N–H and O–H groups in total. The molecule has 2 aromatic heterocycles. The number of aromatic nitrogens is 2. The van der Waals surface area contributed by atoms with E-state index >= 15 is 0 Å². The molecule has 1 saturated heterocycles. The molecule has 0 spiro atoms. The third-order valence-corrected chi connectivity index (χ3v) is 9.97. The van der Waals surface area contributed by atoms with Crippen LogP contribution in [0.25, 0.3) is 10.2 Å². The van der Waals surface area contributed by atoms with Crippen LogP contribution < -0.4 is 9.64 Å². The molecule has 0 bridgehead atoms. The number of pyridine rings is 1. The highest BCUT2D eigenvalue weighted by Crippen LogP contribution is 2.35. The summed E-state index contributed by atoms with van der Waals surface area (Å²) in [5, 5.41) is 0.529. The predicted molar refractivity (Wildman–Crippen MR) is 154 cm³/mol. The van der Waals surface area contributed by atoms with Crippen molar-refractivity contribution in [1.82, 2.24) is 14.3 Å². The van der Waals surface area contributed by atoms with Gasteiger partial charge in [0.15, 0.2) is 5.13 Å². The van der Waals surface area contributed by atoms with Gasteiger partial charge in [-0.1, -0.05) is 36.8 Å². The van der Waals surface area contributed by atoms with Crippen LogP contribution in [-0.2, 0) is 16.6 Å². The fraction of sp³-hybridized carbons (Fsp3) is 0.345. The van der Waals surface area contributed by atoms with Gasteiger partial charge < -0.3 is 4.74 Å². The third-order valence-electron chi connectivity index (χ3n) is 6.96. The van der Waals surface area contributed by atoms with E-state index in [0.29, 0.717) is 35.1 Å². The maximum atomic E-state index is 13.9. The van der Waals surface area contributed by atoms with E-state index in [1.807, 2.05) is 44.2 Å². The number of para-hydroxylation sites is 1. The molecule has 10 heteroatoms. The quantitative estimate of drug-likeness (QED) is 0.252. The maximum absolute atomic E-state index is 13.9. The topological polar surface area (TPSA) is 92.7 Å². The molecule has 5 rings (SSSR count). The number of piperidine rings is 1. The molecule has 0 radical (unpaired) electrons. The van der Waals surface area contributed by atoms with Crippen LogP contribution in [0.2, 0.25) is 0 Å². The Morgan fingerprint density at radius 2 is 1.92 bits per heavy atom. The van der Waals surface area contributed by atoms with Gasteiger partial charge in [0.05, 0.1) is 22.7 Å². The molecule has 8 nitrogen and oxygen atoms in total. The average Bonchev–Trinajstić information content (AvgIpc) is 3.41. The van der Waals surface area contributed by atoms with E-state index in [9.17, 15) is 13.2 Å². The number of carbonyl (C=O) groups excluding carboxylic acids is 1. The maximum Gasteiger partial charge on any atom is 0.260 e. The summed E-state index contributed by atoms with van der Waals surface area (Å²) in [4.78, 5) is 24.7. The number of hydrogen-bond donors (Lipinski definition) is 0. The van der Waals surface area contributed by atoms with E-state index < -0.39 is 10.0 Å². The number of fused-ring (bicyclic) bond motifs is 1. The van der Waals surface area contributed by atoms with Gasteiger partial charge >= 0.3 is 0 Å². The monoisotopic (exact) mass is 564 g/mol. The summed E-state index contributed by atoms with van der Waals surface area (Å²) in [6.45, 7) is 5.25. The zero-order valence-electron chi connectivity index (χ0n) is 22.1. The number of thiazole rings is 1. The van der Waals surface area contributed by atoms with E-state index in [2.05, 4.69) is 4.98 Å². The second kappa shape index (κ2) is 11.8. The van der Waals surface area contributed by atoms with Gasteiger partial charge in [0.25, 0.3) is 5.91 Å². The van der Waals surface area contributed by atoms with E-state index in [1.54, 1.807) is 33.7 Å². The highest BCUT2D eigenvalue weighted by atomic mass is 32.2. The molecular formula is C29H32N4O4S2. The van der Waals surface area contributed by atoms with Crippen LogP contribution in [0.15, 0.2) is 71.9 Å². The Morgan fingerprint density at radius 3 is 2.64 bits per heavy atom. The second-order valence-corrected chi connectivity index (χ2v) is 12.4. The highest BCUT2D eigenvalue weighted by molar-refractivity contribution is 7.89. The SMILES string of the molecule is CCOc1cccc2sc(N(Cc3cccnc3)C(=O)c3ccc(S(=O)(=O)N4CCCCC4CC)cc3)nc12. The Bertz CT molecular complexity index is 1540. The van der Waals surface area contributed by atoms with E-state index in [1.165, 1.54) is 23.5 Å². The van der Waals surface area contributed by atoms with Crippen molar-refractivity contribution in [2.45, 2.75) is 57.0 Å². The fourth-order valence-electron chi connectivity index (χ4n) is 4.96. The smallest absolute Gasteiger partial charge is 0.260 e. The van der Waals surface area contributed by atoms with E-state index in [4.69, 9.17) is 9.72 Å². The summed E-state index contributed by atoms with van der Waals surface area (Å²) >= 11 is 1.41. The van der Waals surface area contributed by atoms with Gasteiger partial charge in [0.1, 0.15) is 11.3 Å². The Morgan fingerprint density at radius 1 is 1.10 bits per heavy atom. The number of benzene rings is 2. The lowest BCUT2D eigenvalue weighted by atomic mass is 10.0. The Hall–Kier alpha value is -3.34. The van der Waals surface area contributed by atoms with E-state index in [0.717, 1.165) is 35.9 Å². The molecule has 1 atom stereocenters. The Balaban J connectivity index is 1.48. The van der Waals surface area contributed by atoms with Crippen molar-refractivity contribution in [1.29, 1.82) is 0 Å². The Labute approximate surface area is 233 Å². The van der Waals surface area contributed by atoms with Crippen LogP contribution in [-0.4, -0.2) is 47.8 Å². The van der Waals surface area contributed by atoms with Crippen molar-refractivity contribution >= 4 is 42.6 Å². The van der Waals surface area contributed by atoms with Gasteiger partial charge in [0.2, 0.25) is 10.0 Å². The van der Waals surface area contributed by atoms with Crippen LogP contribution in [0.4, 0.5) is 5.13 Å². The van der Waals surface area contributed by atoms with Crippen molar-refractivity contribution in [2.24, 2.45) is 0 Å². The molecule has 2 aromatic carbocycles. The minimum atomic E-state index is -3.64. The molecular weight excluding hydrogens is 532 g/mol. The highest BCUT2D eigenvalue weighted by Gasteiger charge is 2.32. The van der Waals surface area contributed by atoms with Gasteiger partial charge in [-0.15, -0.1) is 0 Å². The fourth-order valence-corrected chi connectivity index (χ4v) is 7.71. The molecule has 1 fully saturated rings. The third kappa shape index (κ3) is 5.68. The summed E-state index contributed by atoms with van der Waals surface area (Å²) in [6.07, 6.45) is 6.98. The molecule has 204 valence electrons. The van der Waals surface area contributed by atoms with Crippen molar-refractivity contribution in [3.05, 3.63) is 78.1 Å². The number of anilines is 1. The number of rotatable bonds is 9. The van der Waals surface area contributed by atoms with Crippen molar-refractivity contribution < 1.29 is 17.9 Å². The van der Waals surface area contributed by atoms with Gasteiger partial charge in [-0.2, -0.15) is 4.31 Å². The zero-order valence-corrected chi connectivity index (χ0v) is 23.7. The first-order valence-corrected chi connectivity index (χ1v) is 15.5. The lowest BCUT2D eigenvalue weighted by Gasteiger charge is -2.34. The summed E-state index contributed by atoms with van der Waals surface area (Å²) in [7, 11) is -3.64. The number of sulfonamides is 1. The predicted octanol–water partition coefficient (Wildman–Crippen LogP) is 5.89. The van der Waals surface area contributed by atoms with Crippen molar-refractivity contribution in [3.8, 4) is 5.75 Å². The second-order valence-electron chi connectivity index (χ2n) is 9.48. The van der Waals surface area contributed by atoms with Gasteiger partial charge in [0, 0.05) is 30.5 Å². The van der Waals surface area contributed by atoms with Crippen LogP contribution in [0.5, 0.6) is 5.75 Å². The van der Waals surface area contributed by atoms with Gasteiger partial charge in [-0.05, 0) is 74.2 Å². The van der Waals surface area contributed by atoms with Crippen LogP contribution in [0.3, 0.4) is 0 Å². The number of carbonyl (C=O) groups is 1. The molecule has 1 aliphatic heterocycles. The number of ether oxygens (including phenoxy) is 1. The summed E-state index contributed by atoms with van der Waals surface area (Å²) in [5.74, 6) is 0.396. The van der Waals surface area contributed by atoms with Crippen LogP contribution in [0, 0.1) is 0 Å². The molecule has 4 aromatic rings. The number of amides is 1. The first kappa shape index (κ1) is 27.2. The molecule has 1 unspecified atom stereocenters. The molecule has 0 aliphatic carbocycles. The molecule has 0 saturated carbocycles. The molecule has 1 aliphatic rings. The number of hydrogen-bond acceptors (Lipinski definition) is 7.